The van der Waals surface area contributed by atoms with Gasteiger partial charge in [-0.3, -0.25) is 9.78 Å². The van der Waals surface area contributed by atoms with E-state index in [-0.39, 0.29) is 11.8 Å². The Labute approximate surface area is 229 Å². The van der Waals surface area contributed by atoms with Gasteiger partial charge in [-0.2, -0.15) is 0 Å². The van der Waals surface area contributed by atoms with Crippen molar-refractivity contribution in [2.24, 2.45) is 11.1 Å². The maximum Gasteiger partial charge on any atom is 0.223 e. The zero-order valence-electron chi connectivity index (χ0n) is 23.0. The third-order valence-electron chi connectivity index (χ3n) is 8.03. The van der Waals surface area contributed by atoms with E-state index < -0.39 is 5.41 Å². The minimum Gasteiger partial charge on any atom is -0.411 e. The van der Waals surface area contributed by atoms with Crippen LogP contribution in [0.5, 0.6) is 0 Å². The number of fused-ring (bicyclic) bond motifs is 1. The number of hydrogen-bond acceptors (Lipinski definition) is 7. The highest BCUT2D eigenvalue weighted by molar-refractivity contribution is 6.04. The lowest BCUT2D eigenvalue weighted by atomic mass is 9.91. The predicted octanol–water partition coefficient (Wildman–Crippen LogP) is 4.02. The summed E-state index contributed by atoms with van der Waals surface area (Å²) in [6, 6.07) is 10.1. The number of benzene rings is 1. The molecule has 3 heterocycles. The maximum atomic E-state index is 13.1. The number of likely N-dealkylation sites (tertiary alicyclic amines) is 1. The molecule has 5 rings (SSSR count). The summed E-state index contributed by atoms with van der Waals surface area (Å²) in [5.74, 6) is 0.977. The lowest BCUT2D eigenvalue weighted by Crippen LogP contribution is -2.44. The number of carbonyl (C=O) groups excluding carboxylic acids is 1. The molecule has 2 aromatic heterocycles. The Bertz CT molecular complexity index is 1330. The van der Waals surface area contributed by atoms with Crippen LogP contribution in [0.25, 0.3) is 22.5 Å². The van der Waals surface area contributed by atoms with E-state index in [9.17, 15) is 10.0 Å². The molecule has 3 N–H and O–H groups in total. The van der Waals surface area contributed by atoms with Crippen LogP contribution < -0.4 is 5.32 Å². The Morgan fingerprint density at radius 3 is 2.67 bits per heavy atom. The Hall–Kier alpha value is -3.56. The van der Waals surface area contributed by atoms with E-state index in [2.05, 4.69) is 45.3 Å². The third kappa shape index (κ3) is 5.89. The van der Waals surface area contributed by atoms with Crippen molar-refractivity contribution in [3.05, 3.63) is 59.7 Å². The fourth-order valence-electron chi connectivity index (χ4n) is 5.53. The van der Waals surface area contributed by atoms with Crippen molar-refractivity contribution in [1.29, 1.82) is 0 Å². The molecule has 0 bridgehead atoms. The molecule has 39 heavy (non-hydrogen) atoms. The van der Waals surface area contributed by atoms with Crippen LogP contribution in [0.3, 0.4) is 0 Å². The Balaban J connectivity index is 1.34. The molecule has 3 aromatic rings. The number of aromatic amines is 1. The average molecular weight is 531 g/mol. The summed E-state index contributed by atoms with van der Waals surface area (Å²) in [7, 11) is 1.72. The van der Waals surface area contributed by atoms with E-state index in [1.54, 1.807) is 19.5 Å². The summed E-state index contributed by atoms with van der Waals surface area (Å²) in [5.41, 5.74) is 6.26. The van der Waals surface area contributed by atoms with Crippen molar-refractivity contribution >= 4 is 11.6 Å². The molecule has 2 aliphatic rings. The van der Waals surface area contributed by atoms with Crippen molar-refractivity contribution in [2.45, 2.75) is 44.9 Å². The zero-order chi connectivity index (χ0) is 27.4. The van der Waals surface area contributed by atoms with Crippen LogP contribution in [0.4, 0.5) is 0 Å². The Morgan fingerprint density at radius 2 is 1.95 bits per heavy atom. The van der Waals surface area contributed by atoms with Crippen molar-refractivity contribution < 1.29 is 14.7 Å². The summed E-state index contributed by atoms with van der Waals surface area (Å²) in [4.78, 5) is 28.3. The summed E-state index contributed by atoms with van der Waals surface area (Å²) in [6.45, 7) is 8.18. The van der Waals surface area contributed by atoms with Gasteiger partial charge in [-0.25, -0.2) is 4.98 Å². The number of rotatable bonds is 9. The van der Waals surface area contributed by atoms with Crippen LogP contribution in [-0.2, 0) is 21.4 Å². The van der Waals surface area contributed by atoms with E-state index in [1.807, 2.05) is 24.3 Å². The molecule has 1 aliphatic heterocycles. The van der Waals surface area contributed by atoms with Gasteiger partial charge < -0.3 is 25.1 Å². The number of pyridine rings is 1. The second-order valence-corrected chi connectivity index (χ2v) is 11.2. The van der Waals surface area contributed by atoms with Crippen molar-refractivity contribution in [2.75, 3.05) is 39.9 Å². The highest BCUT2D eigenvalue weighted by Gasteiger charge is 2.31. The number of methoxy groups -OCH3 is 1. The van der Waals surface area contributed by atoms with Gasteiger partial charge in [0.2, 0.25) is 5.91 Å². The summed E-state index contributed by atoms with van der Waals surface area (Å²) < 4.78 is 5.19. The average Bonchev–Trinajstić information content (AvgIpc) is 3.60. The molecular weight excluding hydrogens is 492 g/mol. The van der Waals surface area contributed by atoms with Crippen molar-refractivity contribution in [3.63, 3.8) is 0 Å². The normalized spacial score (nSPS) is 17.5. The first-order chi connectivity index (χ1) is 18.9. The van der Waals surface area contributed by atoms with Crippen LogP contribution in [-0.4, -0.2) is 76.6 Å². The number of aromatic nitrogens is 3. The van der Waals surface area contributed by atoms with Gasteiger partial charge in [0.25, 0.3) is 0 Å². The first kappa shape index (κ1) is 27.0. The molecule has 0 unspecified atom stereocenters. The van der Waals surface area contributed by atoms with Crippen LogP contribution in [0.15, 0.2) is 47.9 Å². The second-order valence-electron chi connectivity index (χ2n) is 11.2. The van der Waals surface area contributed by atoms with E-state index in [1.165, 1.54) is 0 Å². The zero-order valence-corrected chi connectivity index (χ0v) is 23.0. The summed E-state index contributed by atoms with van der Waals surface area (Å²) >= 11 is 0. The SMILES string of the molecule is COCCN1CCC(C(=O)NCC(C)(C)c2nc(-c3ccncc3)c(-c3ccc4c(c3)CCC4=NO)[nH]2)CC1. The number of nitrogens with one attached hydrogen (secondary N) is 2. The molecule has 1 amide bonds. The molecule has 206 valence electrons. The van der Waals surface area contributed by atoms with Gasteiger partial charge in [-0.05, 0) is 62.5 Å². The van der Waals surface area contributed by atoms with Crippen LogP contribution in [0, 0.1) is 5.92 Å². The summed E-state index contributed by atoms with van der Waals surface area (Å²) in [5, 5.41) is 16.0. The van der Waals surface area contributed by atoms with Crippen LogP contribution >= 0.6 is 0 Å². The van der Waals surface area contributed by atoms with Gasteiger partial charge in [0, 0.05) is 60.6 Å². The number of nitrogens with zero attached hydrogens (tertiary/aromatic N) is 4. The highest BCUT2D eigenvalue weighted by Crippen LogP contribution is 2.35. The maximum absolute atomic E-state index is 13.1. The number of ether oxygens (including phenoxy) is 1. The molecule has 0 radical (unpaired) electrons. The van der Waals surface area contributed by atoms with E-state index >= 15 is 0 Å². The number of aryl methyl sites for hydroxylation is 1. The minimum atomic E-state index is -0.414. The quantitative estimate of drug-likeness (QED) is 0.284. The number of piperidine rings is 1. The smallest absolute Gasteiger partial charge is 0.223 e. The first-order valence-electron chi connectivity index (χ1n) is 13.7. The Morgan fingerprint density at radius 1 is 1.18 bits per heavy atom. The molecule has 9 nitrogen and oxygen atoms in total. The second kappa shape index (κ2) is 11.7. The molecule has 1 aromatic carbocycles. The van der Waals surface area contributed by atoms with Crippen LogP contribution in [0.1, 0.15) is 50.1 Å². The molecule has 0 atom stereocenters. The summed E-state index contributed by atoms with van der Waals surface area (Å²) in [6.07, 6.45) is 6.86. The third-order valence-corrected chi connectivity index (χ3v) is 8.03. The lowest BCUT2D eigenvalue weighted by Gasteiger charge is -2.32. The predicted molar refractivity (Wildman–Crippen MR) is 151 cm³/mol. The van der Waals surface area contributed by atoms with E-state index in [4.69, 9.17) is 9.72 Å². The van der Waals surface area contributed by atoms with Gasteiger partial charge in [0.15, 0.2) is 0 Å². The molecular formula is C30H38N6O3. The lowest BCUT2D eigenvalue weighted by molar-refractivity contribution is -0.126. The minimum absolute atomic E-state index is 0.0397. The van der Waals surface area contributed by atoms with Crippen LogP contribution in [0.2, 0.25) is 0 Å². The standard InChI is InChI=1S/C30H38N6O3/c1-30(2,19-32-28(37)21-10-14-36(15-11-21)16-17-39-3)29-33-26(20-8-12-31-13-9-20)27(34-29)23-4-6-24-22(18-23)5-7-25(24)35-38/h4,6,8-9,12-13,18,21,38H,5,7,10-11,14-17,19H2,1-3H3,(H,32,37)(H,33,34). The topological polar surface area (TPSA) is 116 Å². The Kier molecular flexibility index (Phi) is 8.09. The number of imidazole rings is 1. The number of amides is 1. The van der Waals surface area contributed by atoms with Gasteiger partial charge in [0.1, 0.15) is 5.82 Å². The fraction of sp³-hybridized carbons (Fsp3) is 0.467. The molecule has 1 saturated heterocycles. The van der Waals surface area contributed by atoms with Gasteiger partial charge >= 0.3 is 0 Å². The molecule has 9 heteroatoms. The molecule has 0 spiro atoms. The number of H-pyrrole nitrogens is 1. The monoisotopic (exact) mass is 530 g/mol. The number of hydrogen-bond donors (Lipinski definition) is 3. The molecule has 1 fully saturated rings. The van der Waals surface area contributed by atoms with Gasteiger partial charge in [0.05, 0.1) is 23.7 Å². The van der Waals surface area contributed by atoms with E-state index in [0.29, 0.717) is 6.54 Å². The van der Waals surface area contributed by atoms with Crippen molar-refractivity contribution in [1.82, 2.24) is 25.2 Å². The molecule has 0 saturated carbocycles. The number of carbonyl (C=O) groups is 1. The first-order valence-corrected chi connectivity index (χ1v) is 13.7. The molecule has 1 aliphatic carbocycles. The van der Waals surface area contributed by atoms with Gasteiger partial charge in [-0.1, -0.05) is 31.1 Å². The largest absolute Gasteiger partial charge is 0.411 e. The van der Waals surface area contributed by atoms with Crippen molar-refractivity contribution in [3.8, 4) is 22.5 Å². The van der Waals surface area contributed by atoms with E-state index in [0.717, 1.165) is 97.1 Å². The number of oxime groups is 1. The van der Waals surface area contributed by atoms with Gasteiger partial charge in [-0.15, -0.1) is 0 Å². The fourth-order valence-corrected chi connectivity index (χ4v) is 5.53. The highest BCUT2D eigenvalue weighted by atomic mass is 16.5.